The monoisotopic (exact) mass is 1450 g/mol. The van der Waals surface area contributed by atoms with E-state index in [9.17, 15) is 9.59 Å². The molecule has 404 valence electrons. The number of halogens is 7. The van der Waals surface area contributed by atoms with Gasteiger partial charge >= 0.3 is 71.1 Å². The Bertz CT molecular complexity index is 2530. The summed E-state index contributed by atoms with van der Waals surface area (Å²) in [6.07, 6.45) is 40.0. The van der Waals surface area contributed by atoms with E-state index in [0.717, 1.165) is 17.9 Å². The van der Waals surface area contributed by atoms with Crippen molar-refractivity contribution in [3.05, 3.63) is 101 Å². The van der Waals surface area contributed by atoms with Crippen LogP contribution in [-0.2, 0) is 31.7 Å². The summed E-state index contributed by atoms with van der Waals surface area (Å²) < 4.78 is 10.8. The number of rotatable bonds is 9. The second kappa shape index (κ2) is 69.8. The standard InChI is InChI=1S/C10H13ClN2O2S.C6H6ClIN2.C6H7ClN2S.C6H2.C6H.C6.C5H2Cl2IN.C4H8O2S.C2H6O.C2H5O.2Na/c1-12-10-9(11)7(3-5-13-10)16-6-4-8(14)15-2;1-9-6-5(7)4(8)2-3-10-6;1-8-6-5(7)4(10)2-3-9-6;3*1-3-5-6-4-2;6-4-3(8)1-2-9-5(4)7;1-6-4(5)2-3-7;2*1-2-3;;/h3,5H,4,6H2,1-2H3,(H,12,13);2-3H,1H3,(H,9,10);2-3H,1H3,(H2,8,9,10);1-2H;1H;;1-2H;7H,2-3H2,1H3;3H,2H2,1H3;2H2,1H3;;/q;;;;-1;-2;;;;-1;2*+1/p-1. The van der Waals surface area contributed by atoms with Gasteiger partial charge < -0.3 is 79.4 Å². The number of anilines is 3. The van der Waals surface area contributed by atoms with Crippen molar-refractivity contribution in [2.24, 2.45) is 0 Å². The number of carbonyl (C=O) groups excluding carboxylic acids is 2. The van der Waals surface area contributed by atoms with Crippen LogP contribution in [0.25, 0.3) is 0 Å². The summed E-state index contributed by atoms with van der Waals surface area (Å²) in [4.78, 5) is 38.4. The van der Waals surface area contributed by atoms with Crippen molar-refractivity contribution in [2.75, 3.05) is 76.0 Å². The van der Waals surface area contributed by atoms with E-state index >= 15 is 0 Å². The molecule has 0 aliphatic rings. The van der Waals surface area contributed by atoms with Crippen molar-refractivity contribution in [1.29, 1.82) is 0 Å². The number of methoxy groups -OCH3 is 2. The summed E-state index contributed by atoms with van der Waals surface area (Å²) in [6, 6.07) is 7.18. The summed E-state index contributed by atoms with van der Waals surface area (Å²) in [6.45, 7) is 3.50. The van der Waals surface area contributed by atoms with Crippen molar-refractivity contribution in [1.82, 2.24) is 19.9 Å². The van der Waals surface area contributed by atoms with Gasteiger partial charge in [-0.15, -0.1) is 43.6 Å². The zero-order valence-corrected chi connectivity index (χ0v) is 58.4. The SMILES string of the molecule is C#CC#CC#C.CCO.CC[O-].CNc1nccc(I)c1Cl.CNc1nccc(SCCC(=O)OC)c1Cl.CNc1nccc([S-])c1Cl.COC(=O)CCS.Clc1nccc(I)c1Cl.[C-]#CC#CC#C.[C-]#CC#CC#[C-].[Na+].[Na+]. The van der Waals surface area contributed by atoms with Crippen LogP contribution in [0.5, 0.6) is 0 Å². The first kappa shape index (κ1) is 91.2. The second-order valence-electron chi connectivity index (χ2n) is 10.9. The maximum atomic E-state index is 10.9. The molecule has 0 radical (unpaired) electrons. The average molecular weight is 1450 g/mol. The van der Waals surface area contributed by atoms with Gasteiger partial charge in [0.05, 0.1) is 47.2 Å². The maximum Gasteiger partial charge on any atom is 1.00 e. The number of aromatic nitrogens is 4. The molecule has 0 bridgehead atoms. The summed E-state index contributed by atoms with van der Waals surface area (Å²) in [5.74, 6) is 27.2. The predicted molar refractivity (Wildman–Crippen MR) is 334 cm³/mol. The number of aliphatic hydroxyl groups excluding tert-OH is 1. The number of hydrogen-bond donors (Lipinski definition) is 5. The third-order valence-electron chi connectivity index (χ3n) is 5.99. The van der Waals surface area contributed by atoms with Crippen molar-refractivity contribution in [3.8, 4) is 90.3 Å². The average Bonchev–Trinajstić information content (AvgIpc) is 3.42. The first-order valence-electron chi connectivity index (χ1n) is 20.2. The van der Waals surface area contributed by atoms with Crippen molar-refractivity contribution in [2.45, 2.75) is 36.5 Å². The zero-order chi connectivity index (χ0) is 59.5. The van der Waals surface area contributed by atoms with Gasteiger partial charge in [0.1, 0.15) is 22.6 Å². The molecule has 0 fully saturated rings. The number of pyridine rings is 4. The van der Waals surface area contributed by atoms with Gasteiger partial charge in [-0.2, -0.15) is 17.5 Å². The van der Waals surface area contributed by atoms with Crippen molar-refractivity contribution in [3.63, 3.8) is 0 Å². The molecule has 4 aromatic heterocycles. The molecule has 4 aromatic rings. The number of carbonyl (C=O) groups is 2. The number of thioether (sulfide) groups is 1. The van der Waals surface area contributed by atoms with Crippen LogP contribution in [-0.4, -0.2) is 97.1 Å². The first-order valence-corrected chi connectivity index (χ1v) is 26.3. The molecule has 0 saturated heterocycles. The molecule has 0 aliphatic carbocycles. The molecular weight excluding hydrogens is 1400 g/mol. The fourth-order valence-electron chi connectivity index (χ4n) is 3.04. The molecule has 0 spiro atoms. The van der Waals surface area contributed by atoms with E-state index in [1.165, 1.54) is 26.0 Å². The Hall–Kier alpha value is -3.27. The number of aliphatic hydroxyl groups is 1. The number of ether oxygens (including phenoxy) is 2. The fraction of sp³-hybridized carbons (Fsp3) is 0.245. The Morgan fingerprint density at radius 3 is 1.35 bits per heavy atom. The molecule has 4 N–H and O–H groups in total. The molecule has 0 unspecified atom stereocenters. The summed E-state index contributed by atoms with van der Waals surface area (Å²) in [7, 11) is 8.06. The number of thiol groups is 1. The van der Waals surface area contributed by atoms with Crippen LogP contribution in [0.4, 0.5) is 17.5 Å². The summed E-state index contributed by atoms with van der Waals surface area (Å²) >= 11 is 43.4. The number of esters is 2. The van der Waals surface area contributed by atoms with Gasteiger partial charge in [-0.1, -0.05) is 71.0 Å². The number of nitrogens with one attached hydrogen (secondary N) is 3. The maximum absolute atomic E-state index is 10.9. The van der Waals surface area contributed by atoms with Gasteiger partial charge in [0.25, 0.3) is 0 Å². The molecule has 0 saturated carbocycles. The van der Waals surface area contributed by atoms with Gasteiger partial charge in [0.15, 0.2) is 0 Å². The fourth-order valence-corrected chi connectivity index (χ4v) is 6.30. The van der Waals surface area contributed by atoms with Crippen LogP contribution >= 0.6 is 128 Å². The van der Waals surface area contributed by atoms with Gasteiger partial charge in [-0.3, -0.25) is 27.4 Å². The van der Waals surface area contributed by atoms with E-state index in [1.54, 1.807) is 83.8 Å². The Morgan fingerprint density at radius 2 is 1.03 bits per heavy atom. The predicted octanol–water partition coefficient (Wildman–Crippen LogP) is 3.98. The molecule has 0 aliphatic heterocycles. The zero-order valence-electron chi connectivity index (χ0n) is 43.8. The minimum atomic E-state index is -0.216. The topological polar surface area (TPSA) is 184 Å². The normalized spacial score (nSPS) is 7.47. The van der Waals surface area contributed by atoms with Crippen LogP contribution in [0.15, 0.2) is 58.8 Å². The quantitative estimate of drug-likeness (QED) is 0.0187. The van der Waals surface area contributed by atoms with E-state index in [0.29, 0.717) is 66.1 Å². The van der Waals surface area contributed by atoms with Gasteiger partial charge in [0.2, 0.25) is 0 Å². The van der Waals surface area contributed by atoms with E-state index in [1.807, 2.05) is 24.0 Å². The Kier molecular flexibility index (Phi) is 81.7. The van der Waals surface area contributed by atoms with E-state index in [-0.39, 0.29) is 84.3 Å². The third-order valence-corrected chi connectivity index (χ3v) is 12.2. The molecule has 4 heterocycles. The number of hydrogen-bond acceptors (Lipinski definition) is 16. The molecular formula is C53H49Cl5I2N7Na2O6S3-3. The van der Waals surface area contributed by atoms with Crippen molar-refractivity contribution >= 4 is 170 Å². The van der Waals surface area contributed by atoms with E-state index < -0.39 is 0 Å². The molecule has 4 rings (SSSR count). The van der Waals surface area contributed by atoms with Crippen LogP contribution in [0.3, 0.4) is 0 Å². The number of nitrogens with zero attached hydrogens (tertiary/aromatic N) is 4. The van der Waals surface area contributed by atoms with Gasteiger partial charge in [0, 0.05) is 76.1 Å². The van der Waals surface area contributed by atoms with Crippen LogP contribution in [0.2, 0.25) is 25.2 Å². The third kappa shape index (κ3) is 57.4. The molecule has 0 atom stereocenters. The van der Waals surface area contributed by atoms with Crippen LogP contribution in [0.1, 0.15) is 26.7 Å². The molecule has 78 heavy (non-hydrogen) atoms. The van der Waals surface area contributed by atoms with Crippen LogP contribution in [0, 0.1) is 117 Å². The minimum Gasteiger partial charge on any atom is -0.855 e. The minimum absolute atomic E-state index is 0. The van der Waals surface area contributed by atoms with E-state index in [4.69, 9.17) is 113 Å². The second-order valence-corrected chi connectivity index (χ2v) is 17.2. The Balaban J connectivity index is -0.000000120. The Labute approximate surface area is 574 Å². The first-order chi connectivity index (χ1) is 36.3. The summed E-state index contributed by atoms with van der Waals surface area (Å²) in [5, 5.41) is 27.8. The molecule has 13 nitrogen and oxygen atoms in total. The Morgan fingerprint density at radius 1 is 0.679 bits per heavy atom. The van der Waals surface area contributed by atoms with E-state index in [2.05, 4.69) is 157 Å². The molecule has 25 heteroatoms. The van der Waals surface area contributed by atoms with Crippen LogP contribution < -0.4 is 80.2 Å². The smallest absolute Gasteiger partial charge is 0.855 e. The largest absolute Gasteiger partial charge is 1.00 e. The summed E-state index contributed by atoms with van der Waals surface area (Å²) in [5.41, 5.74) is 0. The number of terminal acetylenes is 3. The van der Waals surface area contributed by atoms with Gasteiger partial charge in [-0.05, 0) is 99.9 Å². The molecule has 0 aromatic carbocycles. The molecule has 0 amide bonds. The van der Waals surface area contributed by atoms with Gasteiger partial charge in [-0.25, -0.2) is 25.9 Å². The van der Waals surface area contributed by atoms with Crippen molar-refractivity contribution < 1.29 is 88.4 Å².